The van der Waals surface area contributed by atoms with Crippen molar-refractivity contribution in [2.75, 3.05) is 58.3 Å². The fourth-order valence-electron chi connectivity index (χ4n) is 5.67. The van der Waals surface area contributed by atoms with Crippen LogP contribution in [-0.2, 0) is 15.9 Å². The Morgan fingerprint density at radius 1 is 1.14 bits per heavy atom. The van der Waals surface area contributed by atoms with E-state index in [-0.39, 0.29) is 55.8 Å². The topological polar surface area (TPSA) is 119 Å². The van der Waals surface area contributed by atoms with Gasteiger partial charge in [-0.2, -0.15) is 9.97 Å². The molecule has 3 heterocycles. The van der Waals surface area contributed by atoms with Gasteiger partial charge in [0.2, 0.25) is 0 Å². The number of rotatable bonds is 10. The summed E-state index contributed by atoms with van der Waals surface area (Å²) < 4.78 is 54.2. The van der Waals surface area contributed by atoms with E-state index in [0.717, 1.165) is 12.8 Å². The minimum atomic E-state index is -1.18. The molecule has 10 nitrogen and oxygen atoms in total. The van der Waals surface area contributed by atoms with Gasteiger partial charge in [0.05, 0.1) is 38.4 Å². The zero-order chi connectivity index (χ0) is 31.1. The van der Waals surface area contributed by atoms with Gasteiger partial charge in [-0.25, -0.2) is 8.78 Å². The summed E-state index contributed by atoms with van der Waals surface area (Å²) in [6.45, 7) is 4.63. The monoisotopic (exact) mass is 610 g/mol. The highest BCUT2D eigenvalue weighted by Gasteiger charge is 2.43. The van der Waals surface area contributed by atoms with E-state index in [1.54, 1.807) is 25.1 Å². The normalized spacial score (nSPS) is 19.8. The molecule has 2 N–H and O–H groups in total. The number of fused-ring (bicyclic) bond motifs is 2. The quantitative estimate of drug-likeness (QED) is 0.250. The SMILES string of the molecule is CCc1c(F)ccc2cc(OCOC)cc(-c3ncc4c(N5CCOCC(C)(O)C5)nc(OCC5(CO)CC5)nc4c3F)c12. The average Bonchev–Trinajstić information content (AvgIpc) is 3.83. The molecule has 1 saturated carbocycles. The van der Waals surface area contributed by atoms with Crippen LogP contribution in [-0.4, -0.2) is 84.2 Å². The number of benzene rings is 2. The van der Waals surface area contributed by atoms with Crippen molar-refractivity contribution in [2.24, 2.45) is 5.41 Å². The van der Waals surface area contributed by atoms with Crippen molar-refractivity contribution in [3.8, 4) is 23.0 Å². The second-order valence-electron chi connectivity index (χ2n) is 11.9. The van der Waals surface area contributed by atoms with Crippen LogP contribution >= 0.6 is 0 Å². The van der Waals surface area contributed by atoms with Gasteiger partial charge >= 0.3 is 6.01 Å². The molecule has 0 spiro atoms. The Kier molecular flexibility index (Phi) is 8.27. The Bertz CT molecular complexity index is 1700. The number of aliphatic hydroxyl groups excluding tert-OH is 1. The smallest absolute Gasteiger partial charge is 0.319 e. The third kappa shape index (κ3) is 5.86. The van der Waals surface area contributed by atoms with Gasteiger partial charge in [-0.3, -0.25) is 4.98 Å². The minimum absolute atomic E-state index is 0.0314. The number of aliphatic hydroxyl groups is 2. The molecule has 2 aromatic heterocycles. The number of methoxy groups -OCH3 is 1. The number of hydrogen-bond acceptors (Lipinski definition) is 10. The molecular formula is C32H36F2N4O6. The number of anilines is 1. The van der Waals surface area contributed by atoms with Gasteiger partial charge in [0.25, 0.3) is 0 Å². The molecule has 1 aliphatic heterocycles. The molecule has 1 unspecified atom stereocenters. The molecule has 1 aliphatic carbocycles. The molecule has 1 saturated heterocycles. The third-order valence-corrected chi connectivity index (χ3v) is 8.29. The van der Waals surface area contributed by atoms with E-state index in [1.807, 2.05) is 11.8 Å². The summed E-state index contributed by atoms with van der Waals surface area (Å²) in [6, 6.07) is 6.33. The molecule has 44 heavy (non-hydrogen) atoms. The highest BCUT2D eigenvalue weighted by Crippen LogP contribution is 2.45. The number of nitrogens with zero attached hydrogens (tertiary/aromatic N) is 4. The summed E-state index contributed by atoms with van der Waals surface area (Å²) in [4.78, 5) is 15.5. The lowest BCUT2D eigenvalue weighted by Crippen LogP contribution is -2.42. The van der Waals surface area contributed by atoms with Crippen LogP contribution in [0.4, 0.5) is 14.6 Å². The highest BCUT2D eigenvalue weighted by atomic mass is 19.1. The molecule has 6 rings (SSSR count). The molecule has 0 bridgehead atoms. The van der Waals surface area contributed by atoms with Crippen LogP contribution < -0.4 is 14.4 Å². The first-order valence-corrected chi connectivity index (χ1v) is 14.7. The van der Waals surface area contributed by atoms with E-state index in [0.29, 0.717) is 58.4 Å². The van der Waals surface area contributed by atoms with E-state index in [1.165, 1.54) is 19.4 Å². The van der Waals surface area contributed by atoms with Crippen LogP contribution in [0.5, 0.6) is 11.8 Å². The lowest BCUT2D eigenvalue weighted by molar-refractivity contribution is -0.0123. The van der Waals surface area contributed by atoms with Crippen molar-refractivity contribution >= 4 is 27.5 Å². The van der Waals surface area contributed by atoms with E-state index < -0.39 is 17.2 Å². The molecule has 1 atom stereocenters. The predicted molar refractivity (Wildman–Crippen MR) is 160 cm³/mol. The van der Waals surface area contributed by atoms with Gasteiger partial charge in [0.1, 0.15) is 34.2 Å². The van der Waals surface area contributed by atoms with E-state index >= 15 is 8.78 Å². The first-order valence-electron chi connectivity index (χ1n) is 14.7. The maximum absolute atomic E-state index is 16.8. The van der Waals surface area contributed by atoms with Crippen molar-refractivity contribution < 1.29 is 37.9 Å². The van der Waals surface area contributed by atoms with E-state index in [2.05, 4.69) is 15.0 Å². The van der Waals surface area contributed by atoms with Gasteiger partial charge in [-0.1, -0.05) is 13.0 Å². The minimum Gasteiger partial charge on any atom is -0.468 e. The zero-order valence-corrected chi connectivity index (χ0v) is 25.0. The molecule has 0 amide bonds. The first-order chi connectivity index (χ1) is 21.2. The first kappa shape index (κ1) is 30.3. The molecule has 4 aromatic rings. The predicted octanol–water partition coefficient (Wildman–Crippen LogP) is 4.41. The van der Waals surface area contributed by atoms with E-state index in [4.69, 9.17) is 18.9 Å². The Balaban J connectivity index is 1.55. The van der Waals surface area contributed by atoms with Crippen molar-refractivity contribution in [1.29, 1.82) is 0 Å². The lowest BCUT2D eigenvalue weighted by atomic mass is 9.94. The lowest BCUT2D eigenvalue weighted by Gasteiger charge is -2.29. The summed E-state index contributed by atoms with van der Waals surface area (Å²) in [5.41, 5.74) is -0.855. The fourth-order valence-corrected chi connectivity index (χ4v) is 5.67. The molecule has 2 aromatic carbocycles. The molecular weight excluding hydrogens is 574 g/mol. The van der Waals surface area contributed by atoms with E-state index in [9.17, 15) is 10.2 Å². The number of aromatic nitrogens is 3. The molecule has 0 radical (unpaired) electrons. The van der Waals surface area contributed by atoms with Gasteiger partial charge in [0.15, 0.2) is 12.6 Å². The fraction of sp³-hybridized carbons (Fsp3) is 0.469. The van der Waals surface area contributed by atoms with Crippen LogP contribution in [0.2, 0.25) is 0 Å². The summed E-state index contributed by atoms with van der Waals surface area (Å²) in [5, 5.41) is 22.2. The maximum atomic E-state index is 16.8. The Morgan fingerprint density at radius 3 is 2.68 bits per heavy atom. The molecule has 234 valence electrons. The number of pyridine rings is 1. The van der Waals surface area contributed by atoms with Crippen LogP contribution in [0.3, 0.4) is 0 Å². The van der Waals surface area contributed by atoms with Crippen molar-refractivity contribution in [3.05, 3.63) is 47.7 Å². The van der Waals surface area contributed by atoms with Crippen molar-refractivity contribution in [3.63, 3.8) is 0 Å². The number of halogens is 2. The summed E-state index contributed by atoms with van der Waals surface area (Å²) in [6.07, 6.45) is 3.48. The standard InChI is InChI=1S/C32H36F2N4O6/c1-4-21-24(33)6-5-19-11-20(44-18-41-3)12-22(25(19)21)27-26(34)28-23(13-35-27)29(38-9-10-42-16-31(2,40)14-38)37-30(36-28)43-17-32(15-39)7-8-32/h5-6,11-13,39-40H,4,7-10,14-18H2,1-3H3. The van der Waals surface area contributed by atoms with Crippen molar-refractivity contribution in [2.45, 2.75) is 38.7 Å². The molecule has 2 aliphatic rings. The Hall–Kier alpha value is -3.71. The van der Waals surface area contributed by atoms with Gasteiger partial charge in [-0.05, 0) is 60.7 Å². The second-order valence-corrected chi connectivity index (χ2v) is 11.9. The van der Waals surface area contributed by atoms with Gasteiger partial charge in [-0.15, -0.1) is 0 Å². The number of hydrogen-bond donors (Lipinski definition) is 2. The number of ether oxygens (including phenoxy) is 4. The Morgan fingerprint density at radius 2 is 1.95 bits per heavy atom. The van der Waals surface area contributed by atoms with Crippen molar-refractivity contribution in [1.82, 2.24) is 15.0 Å². The maximum Gasteiger partial charge on any atom is 0.319 e. The highest BCUT2D eigenvalue weighted by molar-refractivity contribution is 6.01. The molecule has 12 heteroatoms. The summed E-state index contributed by atoms with van der Waals surface area (Å²) >= 11 is 0. The van der Waals surface area contributed by atoms with Gasteiger partial charge in [0, 0.05) is 30.8 Å². The van der Waals surface area contributed by atoms with Crippen LogP contribution in [0.1, 0.15) is 32.3 Å². The van der Waals surface area contributed by atoms with Crippen LogP contribution in [0.25, 0.3) is 32.9 Å². The number of aryl methyl sites for hydroxylation is 1. The van der Waals surface area contributed by atoms with Crippen LogP contribution in [0.15, 0.2) is 30.5 Å². The number of β-amino-alcohol motifs (C(OH)–C–C–N with tert-alkyl or cyclic N) is 1. The Labute approximate surface area is 253 Å². The summed E-state index contributed by atoms with van der Waals surface area (Å²) in [7, 11) is 1.50. The average molecular weight is 611 g/mol. The zero-order valence-electron chi connectivity index (χ0n) is 25.0. The second kappa shape index (κ2) is 12.0. The largest absolute Gasteiger partial charge is 0.468 e. The van der Waals surface area contributed by atoms with Gasteiger partial charge < -0.3 is 34.1 Å². The van der Waals surface area contributed by atoms with Crippen LogP contribution in [0, 0.1) is 17.0 Å². The third-order valence-electron chi connectivity index (χ3n) is 8.29. The summed E-state index contributed by atoms with van der Waals surface area (Å²) in [5.74, 6) is -0.401. The molecule has 2 fully saturated rings.